The SMILES string of the molecule is CC(C)Cc1nc(CCC(=O)O)no1. The molecule has 0 aliphatic carbocycles. The minimum absolute atomic E-state index is 0.0423. The highest BCUT2D eigenvalue weighted by Gasteiger charge is 2.09. The van der Waals surface area contributed by atoms with Gasteiger partial charge in [0.2, 0.25) is 5.89 Å². The summed E-state index contributed by atoms with van der Waals surface area (Å²) in [5.74, 6) is 0.673. The summed E-state index contributed by atoms with van der Waals surface area (Å²) in [6, 6.07) is 0. The average molecular weight is 198 g/mol. The summed E-state index contributed by atoms with van der Waals surface area (Å²) < 4.78 is 4.95. The van der Waals surface area contributed by atoms with Crippen LogP contribution in [-0.4, -0.2) is 21.2 Å². The summed E-state index contributed by atoms with van der Waals surface area (Å²) in [4.78, 5) is 14.4. The van der Waals surface area contributed by atoms with Crippen LogP contribution in [0.3, 0.4) is 0 Å². The molecule has 0 unspecified atom stereocenters. The van der Waals surface area contributed by atoms with Crippen LogP contribution in [0, 0.1) is 5.92 Å². The summed E-state index contributed by atoms with van der Waals surface area (Å²) in [6.07, 6.45) is 1.11. The molecule has 1 heterocycles. The van der Waals surface area contributed by atoms with E-state index in [1.54, 1.807) is 0 Å². The maximum Gasteiger partial charge on any atom is 0.303 e. The number of rotatable bonds is 5. The first-order valence-corrected chi connectivity index (χ1v) is 4.61. The summed E-state index contributed by atoms with van der Waals surface area (Å²) >= 11 is 0. The summed E-state index contributed by atoms with van der Waals surface area (Å²) in [6.45, 7) is 4.11. The van der Waals surface area contributed by atoms with E-state index in [9.17, 15) is 4.79 Å². The van der Waals surface area contributed by atoms with Gasteiger partial charge in [-0.15, -0.1) is 0 Å². The van der Waals surface area contributed by atoms with Crippen molar-refractivity contribution in [1.82, 2.24) is 10.1 Å². The lowest BCUT2D eigenvalue weighted by Crippen LogP contribution is -1.99. The van der Waals surface area contributed by atoms with Crippen LogP contribution >= 0.6 is 0 Å². The van der Waals surface area contributed by atoms with Gasteiger partial charge in [-0.1, -0.05) is 19.0 Å². The molecule has 0 aliphatic rings. The van der Waals surface area contributed by atoms with Gasteiger partial charge in [0.05, 0.1) is 6.42 Å². The Hall–Kier alpha value is -1.39. The molecule has 1 N–H and O–H groups in total. The van der Waals surface area contributed by atoms with Gasteiger partial charge in [0.15, 0.2) is 5.82 Å². The van der Waals surface area contributed by atoms with E-state index >= 15 is 0 Å². The average Bonchev–Trinajstić information content (AvgIpc) is 2.47. The Balaban J connectivity index is 2.46. The molecule has 1 aromatic rings. The number of aliphatic carboxylic acids is 1. The van der Waals surface area contributed by atoms with Crippen molar-refractivity contribution in [3.63, 3.8) is 0 Å². The lowest BCUT2D eigenvalue weighted by Gasteiger charge is -1.95. The normalized spacial score (nSPS) is 10.8. The molecule has 1 rings (SSSR count). The maximum absolute atomic E-state index is 10.3. The van der Waals surface area contributed by atoms with Gasteiger partial charge < -0.3 is 9.63 Å². The molecule has 5 heteroatoms. The summed E-state index contributed by atoms with van der Waals surface area (Å²) in [5.41, 5.74) is 0. The Bertz CT molecular complexity index is 307. The highest BCUT2D eigenvalue weighted by molar-refractivity contribution is 5.66. The largest absolute Gasteiger partial charge is 0.481 e. The molecule has 0 radical (unpaired) electrons. The van der Waals surface area contributed by atoms with Crippen molar-refractivity contribution in [1.29, 1.82) is 0 Å². The Morgan fingerprint density at radius 3 is 2.86 bits per heavy atom. The molecule has 0 atom stereocenters. The third-order valence-corrected chi connectivity index (χ3v) is 1.66. The molecule has 78 valence electrons. The predicted octanol–water partition coefficient (Wildman–Crippen LogP) is 1.29. The molecular formula is C9H14N2O3. The van der Waals surface area contributed by atoms with Crippen LogP contribution in [0.5, 0.6) is 0 Å². The van der Waals surface area contributed by atoms with E-state index in [4.69, 9.17) is 9.63 Å². The topological polar surface area (TPSA) is 76.2 Å². The first kappa shape index (κ1) is 10.7. The van der Waals surface area contributed by atoms with Crippen LogP contribution < -0.4 is 0 Å². The van der Waals surface area contributed by atoms with Gasteiger partial charge >= 0.3 is 5.97 Å². The zero-order valence-electron chi connectivity index (χ0n) is 8.36. The Kier molecular flexibility index (Phi) is 3.62. The molecule has 0 aliphatic heterocycles. The van der Waals surface area contributed by atoms with E-state index in [0.717, 1.165) is 6.42 Å². The Morgan fingerprint density at radius 2 is 2.29 bits per heavy atom. The fourth-order valence-corrected chi connectivity index (χ4v) is 1.04. The molecule has 0 saturated carbocycles. The van der Waals surface area contributed by atoms with E-state index in [0.29, 0.717) is 24.1 Å². The van der Waals surface area contributed by atoms with Crippen molar-refractivity contribution >= 4 is 5.97 Å². The van der Waals surface area contributed by atoms with Crippen LogP contribution in [0.2, 0.25) is 0 Å². The summed E-state index contributed by atoms with van der Waals surface area (Å²) in [5, 5.41) is 12.1. The fraction of sp³-hybridized carbons (Fsp3) is 0.667. The molecular weight excluding hydrogens is 184 g/mol. The molecule has 0 fully saturated rings. The second kappa shape index (κ2) is 4.74. The van der Waals surface area contributed by atoms with E-state index in [1.165, 1.54) is 0 Å². The maximum atomic E-state index is 10.3. The highest BCUT2D eigenvalue weighted by Crippen LogP contribution is 2.06. The number of carbonyl (C=O) groups is 1. The number of nitrogens with zero attached hydrogens (tertiary/aromatic N) is 2. The first-order chi connectivity index (χ1) is 6.58. The molecule has 5 nitrogen and oxygen atoms in total. The molecule has 1 aromatic heterocycles. The minimum Gasteiger partial charge on any atom is -0.481 e. The van der Waals surface area contributed by atoms with Gasteiger partial charge in [0, 0.05) is 12.8 Å². The monoisotopic (exact) mass is 198 g/mol. The fourth-order valence-electron chi connectivity index (χ4n) is 1.04. The van der Waals surface area contributed by atoms with Crippen molar-refractivity contribution in [3.05, 3.63) is 11.7 Å². The first-order valence-electron chi connectivity index (χ1n) is 4.61. The second-order valence-corrected chi connectivity index (χ2v) is 3.60. The number of aryl methyl sites for hydroxylation is 1. The van der Waals surface area contributed by atoms with Crippen molar-refractivity contribution in [3.8, 4) is 0 Å². The number of hydrogen-bond acceptors (Lipinski definition) is 4. The van der Waals surface area contributed by atoms with E-state index in [-0.39, 0.29) is 6.42 Å². The molecule has 0 amide bonds. The van der Waals surface area contributed by atoms with Crippen molar-refractivity contribution in [2.45, 2.75) is 33.1 Å². The van der Waals surface area contributed by atoms with Crippen LogP contribution in [0.4, 0.5) is 0 Å². The van der Waals surface area contributed by atoms with Gasteiger partial charge in [-0.05, 0) is 5.92 Å². The lowest BCUT2D eigenvalue weighted by molar-refractivity contribution is -0.137. The number of aromatic nitrogens is 2. The van der Waals surface area contributed by atoms with E-state index in [2.05, 4.69) is 24.0 Å². The number of carboxylic acid groups (broad SMARTS) is 1. The van der Waals surface area contributed by atoms with Crippen LogP contribution in [0.25, 0.3) is 0 Å². The van der Waals surface area contributed by atoms with Crippen molar-refractivity contribution in [2.24, 2.45) is 5.92 Å². The smallest absolute Gasteiger partial charge is 0.303 e. The molecule has 14 heavy (non-hydrogen) atoms. The second-order valence-electron chi connectivity index (χ2n) is 3.60. The van der Waals surface area contributed by atoms with Gasteiger partial charge in [0.1, 0.15) is 0 Å². The van der Waals surface area contributed by atoms with Gasteiger partial charge in [-0.3, -0.25) is 4.79 Å². The minimum atomic E-state index is -0.847. The van der Waals surface area contributed by atoms with E-state index in [1.807, 2.05) is 0 Å². The Labute approximate surface area is 82.1 Å². The molecule has 0 bridgehead atoms. The lowest BCUT2D eigenvalue weighted by atomic mass is 10.1. The number of carboxylic acids is 1. The quantitative estimate of drug-likeness (QED) is 0.771. The summed E-state index contributed by atoms with van der Waals surface area (Å²) in [7, 11) is 0. The van der Waals surface area contributed by atoms with Gasteiger partial charge in [-0.2, -0.15) is 4.98 Å². The van der Waals surface area contributed by atoms with Crippen LogP contribution in [0.1, 0.15) is 32.0 Å². The highest BCUT2D eigenvalue weighted by atomic mass is 16.5. The third-order valence-electron chi connectivity index (χ3n) is 1.66. The molecule has 0 aromatic carbocycles. The standard InChI is InChI=1S/C9H14N2O3/c1-6(2)5-8-10-7(11-14-8)3-4-9(12)13/h6H,3-5H2,1-2H3,(H,12,13). The van der Waals surface area contributed by atoms with E-state index < -0.39 is 5.97 Å². The van der Waals surface area contributed by atoms with Gasteiger partial charge in [0.25, 0.3) is 0 Å². The third kappa shape index (κ3) is 3.55. The van der Waals surface area contributed by atoms with Crippen molar-refractivity contribution in [2.75, 3.05) is 0 Å². The van der Waals surface area contributed by atoms with Crippen molar-refractivity contribution < 1.29 is 14.4 Å². The molecule has 0 spiro atoms. The predicted molar refractivity (Wildman–Crippen MR) is 48.8 cm³/mol. The number of hydrogen-bond donors (Lipinski definition) is 1. The van der Waals surface area contributed by atoms with Crippen LogP contribution in [-0.2, 0) is 17.6 Å². The van der Waals surface area contributed by atoms with Crippen LogP contribution in [0.15, 0.2) is 4.52 Å². The zero-order valence-corrected chi connectivity index (χ0v) is 8.36. The Morgan fingerprint density at radius 1 is 1.57 bits per heavy atom. The van der Waals surface area contributed by atoms with Gasteiger partial charge in [-0.25, -0.2) is 0 Å². The zero-order chi connectivity index (χ0) is 10.6. The molecule has 0 saturated heterocycles.